The van der Waals surface area contributed by atoms with E-state index >= 15 is 0 Å². The predicted octanol–water partition coefficient (Wildman–Crippen LogP) is 2.60. The number of piperidine rings is 1. The van der Waals surface area contributed by atoms with Crippen LogP contribution >= 0.6 is 0 Å². The number of nitrogen functional groups attached to an aromatic ring is 1. The van der Waals surface area contributed by atoms with Gasteiger partial charge < -0.3 is 10.6 Å². The van der Waals surface area contributed by atoms with Gasteiger partial charge in [-0.3, -0.25) is 9.89 Å². The molecule has 2 heterocycles. The van der Waals surface area contributed by atoms with Gasteiger partial charge in [-0.15, -0.1) is 0 Å². The van der Waals surface area contributed by atoms with Crippen LogP contribution in [0, 0.1) is 5.92 Å². The quantitative estimate of drug-likeness (QED) is 0.869. The fourth-order valence-corrected chi connectivity index (χ4v) is 2.97. The van der Waals surface area contributed by atoms with Crippen LogP contribution in [0.25, 0.3) is 0 Å². The van der Waals surface area contributed by atoms with Crippen molar-refractivity contribution in [3.05, 3.63) is 11.4 Å². The van der Waals surface area contributed by atoms with Crippen LogP contribution in [0.15, 0.2) is 0 Å². The molecule has 1 aromatic heterocycles. The normalized spacial score (nSPS) is 16.6. The fraction of sp³-hybridized carbons (Fsp3) is 0.733. The second-order valence-electron chi connectivity index (χ2n) is 5.74. The minimum atomic E-state index is -0.0175. The summed E-state index contributed by atoms with van der Waals surface area (Å²) >= 11 is 0. The molecular formula is C15H26N4O. The molecule has 1 amide bonds. The van der Waals surface area contributed by atoms with Crippen molar-refractivity contribution in [3.63, 3.8) is 0 Å². The van der Waals surface area contributed by atoms with Crippen molar-refractivity contribution in [2.45, 2.75) is 52.4 Å². The maximum Gasteiger partial charge on any atom is 0.276 e. The van der Waals surface area contributed by atoms with E-state index in [0.717, 1.165) is 50.4 Å². The number of rotatable bonds is 5. The van der Waals surface area contributed by atoms with Crippen LogP contribution in [0.3, 0.4) is 0 Å². The maximum absolute atomic E-state index is 12.5. The zero-order chi connectivity index (χ0) is 14.5. The molecule has 20 heavy (non-hydrogen) atoms. The van der Waals surface area contributed by atoms with E-state index in [9.17, 15) is 4.79 Å². The SMILES string of the molecule is CCCc1[nH]nc(C(=O)N2CCC(CCC)CC2)c1N. The van der Waals surface area contributed by atoms with Crippen molar-refractivity contribution >= 4 is 11.6 Å². The zero-order valence-corrected chi connectivity index (χ0v) is 12.6. The molecule has 5 nitrogen and oxygen atoms in total. The first-order chi connectivity index (χ1) is 9.67. The first kappa shape index (κ1) is 14.9. The molecule has 0 saturated carbocycles. The number of nitrogens with two attached hydrogens (primary N) is 1. The van der Waals surface area contributed by atoms with Crippen molar-refractivity contribution in [1.82, 2.24) is 15.1 Å². The molecule has 3 N–H and O–H groups in total. The number of hydrogen-bond acceptors (Lipinski definition) is 3. The van der Waals surface area contributed by atoms with E-state index in [4.69, 9.17) is 5.73 Å². The van der Waals surface area contributed by atoms with Gasteiger partial charge in [0.15, 0.2) is 5.69 Å². The van der Waals surface area contributed by atoms with Gasteiger partial charge in [0.1, 0.15) is 0 Å². The minimum Gasteiger partial charge on any atom is -0.395 e. The highest BCUT2D eigenvalue weighted by molar-refractivity contribution is 5.97. The first-order valence-corrected chi connectivity index (χ1v) is 7.79. The molecule has 0 aliphatic carbocycles. The molecular weight excluding hydrogens is 252 g/mol. The summed E-state index contributed by atoms with van der Waals surface area (Å²) in [7, 11) is 0. The third kappa shape index (κ3) is 3.14. The summed E-state index contributed by atoms with van der Waals surface area (Å²) in [5.41, 5.74) is 7.86. The van der Waals surface area contributed by atoms with Gasteiger partial charge in [-0.2, -0.15) is 5.10 Å². The Labute approximate surface area is 120 Å². The van der Waals surface area contributed by atoms with Gasteiger partial charge in [-0.1, -0.05) is 33.1 Å². The lowest BCUT2D eigenvalue weighted by Gasteiger charge is -2.31. The highest BCUT2D eigenvalue weighted by Crippen LogP contribution is 2.24. The van der Waals surface area contributed by atoms with Gasteiger partial charge in [-0.05, 0) is 25.2 Å². The van der Waals surface area contributed by atoms with Gasteiger partial charge in [-0.25, -0.2) is 0 Å². The number of aromatic amines is 1. The topological polar surface area (TPSA) is 75.0 Å². The molecule has 0 aromatic carbocycles. The summed E-state index contributed by atoms with van der Waals surface area (Å²) < 4.78 is 0. The molecule has 1 aromatic rings. The van der Waals surface area contributed by atoms with Crippen LogP contribution < -0.4 is 5.73 Å². The molecule has 5 heteroatoms. The number of anilines is 1. The highest BCUT2D eigenvalue weighted by Gasteiger charge is 2.26. The smallest absolute Gasteiger partial charge is 0.276 e. The third-order valence-electron chi connectivity index (χ3n) is 4.18. The molecule has 1 saturated heterocycles. The number of likely N-dealkylation sites (tertiary alicyclic amines) is 1. The molecule has 0 unspecified atom stereocenters. The second kappa shape index (κ2) is 6.77. The average Bonchev–Trinajstić information content (AvgIpc) is 2.81. The number of amides is 1. The molecule has 0 radical (unpaired) electrons. The number of hydrogen-bond donors (Lipinski definition) is 2. The van der Waals surface area contributed by atoms with Crippen LogP contribution in [0.4, 0.5) is 5.69 Å². The summed E-state index contributed by atoms with van der Waals surface area (Å²) in [6, 6.07) is 0. The Morgan fingerprint density at radius 1 is 1.35 bits per heavy atom. The lowest BCUT2D eigenvalue weighted by molar-refractivity contribution is 0.0681. The minimum absolute atomic E-state index is 0.0175. The van der Waals surface area contributed by atoms with E-state index < -0.39 is 0 Å². The number of nitrogens with zero attached hydrogens (tertiary/aromatic N) is 2. The van der Waals surface area contributed by atoms with E-state index in [1.54, 1.807) is 0 Å². The van der Waals surface area contributed by atoms with Crippen LogP contribution in [-0.4, -0.2) is 34.1 Å². The Morgan fingerprint density at radius 2 is 2.05 bits per heavy atom. The Kier molecular flexibility index (Phi) is 5.04. The van der Waals surface area contributed by atoms with Gasteiger partial charge in [0.05, 0.1) is 11.4 Å². The standard InChI is InChI=1S/C15H26N4O/c1-3-5-11-7-9-19(10-8-11)15(20)14-13(16)12(6-4-2)17-18-14/h11H,3-10,16H2,1-2H3,(H,17,18). The van der Waals surface area contributed by atoms with Crippen molar-refractivity contribution in [2.24, 2.45) is 5.92 Å². The largest absolute Gasteiger partial charge is 0.395 e. The second-order valence-corrected chi connectivity index (χ2v) is 5.74. The maximum atomic E-state index is 12.5. The molecule has 1 aliphatic heterocycles. The lowest BCUT2D eigenvalue weighted by Crippen LogP contribution is -2.38. The Balaban J connectivity index is 1.98. The molecule has 0 spiro atoms. The van der Waals surface area contributed by atoms with E-state index in [-0.39, 0.29) is 5.91 Å². The monoisotopic (exact) mass is 278 g/mol. The van der Waals surface area contributed by atoms with E-state index in [0.29, 0.717) is 11.4 Å². The van der Waals surface area contributed by atoms with Crippen molar-refractivity contribution in [2.75, 3.05) is 18.8 Å². The van der Waals surface area contributed by atoms with Crippen molar-refractivity contribution < 1.29 is 4.79 Å². The van der Waals surface area contributed by atoms with Crippen LogP contribution in [0.5, 0.6) is 0 Å². The summed E-state index contributed by atoms with van der Waals surface area (Å²) in [5.74, 6) is 0.757. The van der Waals surface area contributed by atoms with Gasteiger partial charge in [0.25, 0.3) is 5.91 Å². The average molecular weight is 278 g/mol. The Bertz CT molecular complexity index is 447. The number of nitrogens with one attached hydrogen (secondary N) is 1. The highest BCUT2D eigenvalue weighted by atomic mass is 16.2. The third-order valence-corrected chi connectivity index (χ3v) is 4.18. The van der Waals surface area contributed by atoms with Gasteiger partial charge in [0, 0.05) is 13.1 Å². The molecule has 1 fully saturated rings. The Morgan fingerprint density at radius 3 is 2.65 bits per heavy atom. The first-order valence-electron chi connectivity index (χ1n) is 7.79. The van der Waals surface area contributed by atoms with Crippen molar-refractivity contribution in [1.29, 1.82) is 0 Å². The fourth-order valence-electron chi connectivity index (χ4n) is 2.97. The van der Waals surface area contributed by atoms with Gasteiger partial charge >= 0.3 is 0 Å². The summed E-state index contributed by atoms with van der Waals surface area (Å²) in [5, 5.41) is 7.03. The van der Waals surface area contributed by atoms with E-state index in [1.165, 1.54) is 12.8 Å². The Hall–Kier alpha value is -1.52. The molecule has 0 atom stereocenters. The van der Waals surface area contributed by atoms with E-state index in [2.05, 4.69) is 24.0 Å². The van der Waals surface area contributed by atoms with Crippen LogP contribution in [0.2, 0.25) is 0 Å². The number of aromatic nitrogens is 2. The van der Waals surface area contributed by atoms with Crippen LogP contribution in [-0.2, 0) is 6.42 Å². The molecule has 112 valence electrons. The number of carbonyl (C=O) groups excluding carboxylic acids is 1. The summed E-state index contributed by atoms with van der Waals surface area (Å²) in [6.07, 6.45) is 6.53. The molecule has 2 rings (SSSR count). The van der Waals surface area contributed by atoms with Crippen LogP contribution in [0.1, 0.15) is 62.1 Å². The zero-order valence-electron chi connectivity index (χ0n) is 12.6. The summed E-state index contributed by atoms with van der Waals surface area (Å²) in [6.45, 7) is 5.97. The summed E-state index contributed by atoms with van der Waals surface area (Å²) in [4.78, 5) is 14.4. The molecule has 0 bridgehead atoms. The number of aryl methyl sites for hydroxylation is 1. The van der Waals surface area contributed by atoms with Gasteiger partial charge in [0.2, 0.25) is 0 Å². The molecule has 1 aliphatic rings. The van der Waals surface area contributed by atoms with E-state index in [1.807, 2.05) is 4.90 Å². The number of H-pyrrole nitrogens is 1. The lowest BCUT2D eigenvalue weighted by atomic mass is 9.92. The predicted molar refractivity (Wildman–Crippen MR) is 80.5 cm³/mol. The van der Waals surface area contributed by atoms with Crippen molar-refractivity contribution in [3.8, 4) is 0 Å². The number of carbonyl (C=O) groups is 1.